The molecular weight excluding hydrogens is 603 g/mol. The number of aliphatic hydroxyl groups excluding tert-OH is 2. The number of methoxy groups -OCH3 is 1. The van der Waals surface area contributed by atoms with Crippen LogP contribution in [0.5, 0.6) is 11.5 Å². The van der Waals surface area contributed by atoms with Crippen LogP contribution >= 0.6 is 22.6 Å². The van der Waals surface area contributed by atoms with Crippen molar-refractivity contribution in [2.45, 2.75) is 82.1 Å². The Hall–Kier alpha value is -2.18. The molecule has 3 aliphatic rings. The van der Waals surface area contributed by atoms with Gasteiger partial charge < -0.3 is 29.9 Å². The Morgan fingerprint density at radius 2 is 1.87 bits per heavy atom. The first-order chi connectivity index (χ1) is 18.4. The first kappa shape index (κ1) is 28.8. The highest BCUT2D eigenvalue weighted by Gasteiger charge is 2.46. The van der Waals surface area contributed by atoms with E-state index in [1.54, 1.807) is 18.2 Å². The third-order valence-electron chi connectivity index (χ3n) is 7.61. The van der Waals surface area contributed by atoms with Gasteiger partial charge in [-0.3, -0.25) is 14.4 Å². The zero-order valence-electron chi connectivity index (χ0n) is 21.7. The summed E-state index contributed by atoms with van der Waals surface area (Å²) in [7, 11) is 1.47. The maximum absolute atomic E-state index is 13.7. The van der Waals surface area contributed by atoms with Crippen molar-refractivity contribution in [2.75, 3.05) is 20.3 Å². The predicted octanol–water partition coefficient (Wildman–Crippen LogP) is 2.99. The van der Waals surface area contributed by atoms with Gasteiger partial charge in [0.25, 0.3) is 0 Å². The summed E-state index contributed by atoms with van der Waals surface area (Å²) < 4.78 is 12.4. The monoisotopic (exact) mass is 640 g/mol. The highest BCUT2D eigenvalue weighted by atomic mass is 127. The fraction of sp³-hybridized carbons (Fsp3) is 0.607. The number of carbonyl (C=O) groups is 3. The molecule has 0 saturated heterocycles. The first-order valence-electron chi connectivity index (χ1n) is 13.5. The Kier molecular flexibility index (Phi) is 10.1. The average molecular weight is 641 g/mol. The molecule has 0 bridgehead atoms. The smallest absolute Gasteiger partial charge is 0.247 e. The number of benzene rings is 1. The highest BCUT2D eigenvalue weighted by Crippen LogP contribution is 2.40. The Balaban J connectivity index is 1.71. The van der Waals surface area contributed by atoms with E-state index in [1.165, 1.54) is 7.11 Å². The van der Waals surface area contributed by atoms with Crippen molar-refractivity contribution < 1.29 is 34.1 Å². The number of amides is 2. The molecule has 0 heterocycles. The third-order valence-corrected chi connectivity index (χ3v) is 8.41. The normalized spacial score (nSPS) is 24.1. The van der Waals surface area contributed by atoms with Crippen LogP contribution in [-0.2, 0) is 9.59 Å². The topological polar surface area (TPSA) is 125 Å². The predicted molar refractivity (Wildman–Crippen MR) is 149 cm³/mol. The van der Waals surface area contributed by atoms with Gasteiger partial charge in [-0.2, -0.15) is 0 Å². The summed E-state index contributed by atoms with van der Waals surface area (Å²) in [6.07, 6.45) is 8.27. The maximum atomic E-state index is 13.7. The highest BCUT2D eigenvalue weighted by molar-refractivity contribution is 14.1. The van der Waals surface area contributed by atoms with E-state index in [2.05, 4.69) is 5.32 Å². The molecule has 0 spiro atoms. The number of nitrogens with zero attached hydrogens (tertiary/aromatic N) is 1. The Labute approximate surface area is 237 Å². The van der Waals surface area contributed by atoms with Crippen LogP contribution in [0.1, 0.15) is 68.1 Å². The largest absolute Gasteiger partial charge is 0.493 e. The van der Waals surface area contributed by atoms with Gasteiger partial charge in [0.1, 0.15) is 18.5 Å². The lowest BCUT2D eigenvalue weighted by Gasteiger charge is -2.44. The molecule has 1 aromatic rings. The molecule has 0 aromatic heterocycles. The van der Waals surface area contributed by atoms with Crippen LogP contribution in [0.15, 0.2) is 23.8 Å². The lowest BCUT2D eigenvalue weighted by Crippen LogP contribution is -2.58. The van der Waals surface area contributed by atoms with Crippen molar-refractivity contribution in [1.82, 2.24) is 10.2 Å². The van der Waals surface area contributed by atoms with E-state index in [-0.39, 0.29) is 43.3 Å². The Morgan fingerprint density at radius 1 is 1.16 bits per heavy atom. The number of halogens is 1. The van der Waals surface area contributed by atoms with Gasteiger partial charge in [0.05, 0.1) is 23.3 Å². The summed E-state index contributed by atoms with van der Waals surface area (Å²) in [5, 5.41) is 23.6. The van der Waals surface area contributed by atoms with Crippen molar-refractivity contribution in [1.29, 1.82) is 0 Å². The molecule has 0 unspecified atom stereocenters. The van der Waals surface area contributed by atoms with Gasteiger partial charge in [0.15, 0.2) is 11.5 Å². The fourth-order valence-electron chi connectivity index (χ4n) is 5.50. The molecule has 4 rings (SSSR count). The molecule has 2 fully saturated rings. The lowest BCUT2D eigenvalue weighted by molar-refractivity contribution is -0.144. The van der Waals surface area contributed by atoms with E-state index >= 15 is 0 Å². The molecule has 0 aliphatic heterocycles. The van der Waals surface area contributed by atoms with Crippen LogP contribution in [-0.4, -0.2) is 77.8 Å². The molecule has 3 aliphatic carbocycles. The second-order valence-electron chi connectivity index (χ2n) is 10.3. The van der Waals surface area contributed by atoms with Gasteiger partial charge in [0.2, 0.25) is 11.8 Å². The molecule has 208 valence electrons. The van der Waals surface area contributed by atoms with Crippen molar-refractivity contribution in [3.05, 3.63) is 32.9 Å². The van der Waals surface area contributed by atoms with Crippen molar-refractivity contribution >= 4 is 40.7 Å². The summed E-state index contributed by atoms with van der Waals surface area (Å²) in [5.41, 5.74) is 0.828. The van der Waals surface area contributed by atoms with Gasteiger partial charge in [0, 0.05) is 36.1 Å². The minimum atomic E-state index is -1.08. The van der Waals surface area contributed by atoms with E-state index in [1.807, 2.05) is 27.5 Å². The van der Waals surface area contributed by atoms with Gasteiger partial charge in [-0.15, -0.1) is 0 Å². The first-order valence-corrected chi connectivity index (χ1v) is 14.5. The van der Waals surface area contributed by atoms with Crippen molar-refractivity contribution in [3.63, 3.8) is 0 Å². The third kappa shape index (κ3) is 6.69. The minimum Gasteiger partial charge on any atom is -0.493 e. The van der Waals surface area contributed by atoms with Crippen LogP contribution in [0.3, 0.4) is 0 Å². The zero-order chi connectivity index (χ0) is 27.2. The molecule has 1 aromatic carbocycles. The summed E-state index contributed by atoms with van der Waals surface area (Å²) >= 11 is 2.05. The van der Waals surface area contributed by atoms with Crippen molar-refractivity contribution in [2.24, 2.45) is 5.92 Å². The summed E-state index contributed by atoms with van der Waals surface area (Å²) in [4.78, 5) is 40.0. The molecule has 3 N–H and O–H groups in total. The van der Waals surface area contributed by atoms with E-state index in [0.717, 1.165) is 57.7 Å². The van der Waals surface area contributed by atoms with E-state index in [0.29, 0.717) is 26.2 Å². The fourth-order valence-corrected chi connectivity index (χ4v) is 6.25. The van der Waals surface area contributed by atoms with Gasteiger partial charge in [-0.25, -0.2) is 0 Å². The number of hydrogen-bond donors (Lipinski definition) is 3. The van der Waals surface area contributed by atoms with E-state index < -0.39 is 18.2 Å². The molecule has 9 nitrogen and oxygen atoms in total. The maximum Gasteiger partial charge on any atom is 0.247 e. The summed E-state index contributed by atoms with van der Waals surface area (Å²) in [6.45, 7) is -0.0982. The second-order valence-corrected chi connectivity index (χ2v) is 11.5. The Morgan fingerprint density at radius 3 is 2.47 bits per heavy atom. The molecule has 3 atom stereocenters. The molecule has 10 heteroatoms. The van der Waals surface area contributed by atoms with Crippen LogP contribution in [0.25, 0.3) is 0 Å². The zero-order valence-corrected chi connectivity index (χ0v) is 23.9. The van der Waals surface area contributed by atoms with Crippen LogP contribution < -0.4 is 14.8 Å². The number of ether oxygens (including phenoxy) is 2. The van der Waals surface area contributed by atoms with Crippen LogP contribution in [0.4, 0.5) is 0 Å². The second kappa shape index (κ2) is 13.3. The number of aldehydes is 1. The number of hydrogen-bond acceptors (Lipinski definition) is 7. The number of carbonyl (C=O) groups excluding carboxylic acids is 3. The summed E-state index contributed by atoms with van der Waals surface area (Å²) in [5.74, 6) is 0.354. The van der Waals surface area contributed by atoms with Crippen LogP contribution in [0.2, 0.25) is 0 Å². The SMILES string of the molecule is COc1cc(C=O)cc(I)c1O[C@H]1C=C(C(=O)NCCO)C[C@@H](N(C(=O)C2CC2)C2CCCCCC2)[C@@H]1O. The average Bonchev–Trinajstić information content (AvgIpc) is 3.78. The number of rotatable bonds is 10. The summed E-state index contributed by atoms with van der Waals surface area (Å²) in [6, 6.07) is 2.59. The standard InChI is InChI=1S/C28H37IN2O7/c1-37-24-13-17(16-33)12-21(29)26(24)38-23-15-19(27(35)30-10-11-32)14-22(25(23)34)31(28(36)18-8-9-18)20-6-4-2-3-5-7-20/h12-13,15-16,18,20,22-23,25,32,34H,2-11,14H2,1H3,(H,30,35)/t22-,23+,25+/m1/s1. The Bertz CT molecular complexity index is 1050. The van der Waals surface area contributed by atoms with Crippen molar-refractivity contribution in [3.8, 4) is 11.5 Å². The van der Waals surface area contributed by atoms with E-state index in [9.17, 15) is 24.6 Å². The molecule has 38 heavy (non-hydrogen) atoms. The van der Waals surface area contributed by atoms with Gasteiger partial charge in [-0.05, 0) is 66.5 Å². The number of aliphatic hydroxyl groups is 2. The molecule has 2 amide bonds. The van der Waals surface area contributed by atoms with Gasteiger partial charge in [-0.1, -0.05) is 25.7 Å². The molecular formula is C28H37IN2O7. The number of nitrogens with one attached hydrogen (secondary N) is 1. The lowest BCUT2D eigenvalue weighted by atomic mass is 9.86. The molecule has 2 saturated carbocycles. The quantitative estimate of drug-likeness (QED) is 0.204. The minimum absolute atomic E-state index is 0.00676. The molecule has 0 radical (unpaired) electrons. The van der Waals surface area contributed by atoms with Crippen LogP contribution in [0, 0.1) is 9.49 Å². The van der Waals surface area contributed by atoms with E-state index in [4.69, 9.17) is 9.47 Å². The van der Waals surface area contributed by atoms with Gasteiger partial charge >= 0.3 is 0 Å².